The maximum atomic E-state index is 4.40. The van der Waals surface area contributed by atoms with Gasteiger partial charge in [0.15, 0.2) is 5.96 Å². The number of hydrogen-bond donors (Lipinski definition) is 2. The van der Waals surface area contributed by atoms with E-state index in [4.69, 9.17) is 0 Å². The molecule has 1 saturated heterocycles. The van der Waals surface area contributed by atoms with Gasteiger partial charge in [0.2, 0.25) is 0 Å². The molecule has 1 heterocycles. The first-order valence-corrected chi connectivity index (χ1v) is 9.88. The number of benzene rings is 1. The Bertz CT molecular complexity index is 506. The average molecular weight is 345 g/mol. The second kappa shape index (κ2) is 10.4. The van der Waals surface area contributed by atoms with E-state index in [0.29, 0.717) is 12.0 Å². The monoisotopic (exact) mass is 344 g/mol. The highest BCUT2D eigenvalue weighted by atomic mass is 15.2. The quantitative estimate of drug-likeness (QED) is 0.588. The minimum atomic E-state index is 0.335. The Hall–Kier alpha value is -1.55. The summed E-state index contributed by atoms with van der Waals surface area (Å²) < 4.78 is 0. The summed E-state index contributed by atoms with van der Waals surface area (Å²) in [5, 5.41) is 7.05. The van der Waals surface area contributed by atoms with Crippen molar-refractivity contribution in [3.63, 3.8) is 0 Å². The molecule has 1 aromatic rings. The van der Waals surface area contributed by atoms with Gasteiger partial charge >= 0.3 is 0 Å². The lowest BCUT2D eigenvalue weighted by molar-refractivity contribution is 0.187. The molecule has 2 N–H and O–H groups in total. The van der Waals surface area contributed by atoms with Crippen LogP contribution in [0.3, 0.4) is 0 Å². The van der Waals surface area contributed by atoms with Crippen LogP contribution in [0.1, 0.15) is 51.5 Å². The number of nitrogens with one attached hydrogen (secondary N) is 2. The van der Waals surface area contributed by atoms with Crippen LogP contribution in [0.4, 0.5) is 0 Å². The third-order valence-electron chi connectivity index (χ3n) is 5.66. The molecule has 1 fully saturated rings. The Labute approximate surface area is 154 Å². The molecule has 2 rings (SSSR count). The van der Waals surface area contributed by atoms with Gasteiger partial charge in [0.05, 0.1) is 0 Å². The average Bonchev–Trinajstić information content (AvgIpc) is 2.67. The van der Waals surface area contributed by atoms with Gasteiger partial charge in [-0.05, 0) is 57.3 Å². The van der Waals surface area contributed by atoms with Gasteiger partial charge in [-0.2, -0.15) is 0 Å². The molecule has 1 aliphatic heterocycles. The van der Waals surface area contributed by atoms with Crippen molar-refractivity contribution in [2.45, 2.75) is 52.0 Å². The van der Waals surface area contributed by atoms with Crippen molar-refractivity contribution in [1.29, 1.82) is 0 Å². The molecule has 1 aromatic carbocycles. The second-order valence-electron chi connectivity index (χ2n) is 7.30. The van der Waals surface area contributed by atoms with Crippen LogP contribution >= 0.6 is 0 Å². The number of aliphatic imine (C=N–C) groups is 1. The highest BCUT2D eigenvalue weighted by Crippen LogP contribution is 2.20. The summed E-state index contributed by atoms with van der Waals surface area (Å²) in [4.78, 5) is 6.95. The highest BCUT2D eigenvalue weighted by Gasteiger charge is 2.18. The number of rotatable bonds is 7. The number of nitrogens with zero attached hydrogens (tertiary/aromatic N) is 2. The van der Waals surface area contributed by atoms with Crippen LogP contribution < -0.4 is 10.6 Å². The topological polar surface area (TPSA) is 39.7 Å². The van der Waals surface area contributed by atoms with E-state index in [1.807, 2.05) is 7.05 Å². The molecule has 2 unspecified atom stereocenters. The van der Waals surface area contributed by atoms with E-state index in [1.165, 1.54) is 44.5 Å². The maximum absolute atomic E-state index is 4.40. The predicted molar refractivity (Wildman–Crippen MR) is 108 cm³/mol. The molecule has 140 valence electrons. The summed E-state index contributed by atoms with van der Waals surface area (Å²) in [6.45, 7) is 11.5. The van der Waals surface area contributed by atoms with Gasteiger partial charge in [0, 0.05) is 25.6 Å². The molecular formula is C21H36N4. The van der Waals surface area contributed by atoms with E-state index in [1.54, 1.807) is 0 Å². The van der Waals surface area contributed by atoms with Crippen LogP contribution in [0.5, 0.6) is 0 Å². The minimum Gasteiger partial charge on any atom is -0.356 e. The first-order valence-electron chi connectivity index (χ1n) is 9.88. The Morgan fingerprint density at radius 3 is 2.48 bits per heavy atom. The predicted octanol–water partition coefficient (Wildman–Crippen LogP) is 3.47. The number of likely N-dealkylation sites (tertiary alicyclic amines) is 1. The number of hydrogen-bond acceptors (Lipinski definition) is 2. The van der Waals surface area contributed by atoms with E-state index in [2.05, 4.69) is 71.6 Å². The summed E-state index contributed by atoms with van der Waals surface area (Å²) in [5.74, 6) is 2.22. The summed E-state index contributed by atoms with van der Waals surface area (Å²) in [6, 6.07) is 11.0. The van der Waals surface area contributed by atoms with E-state index < -0.39 is 0 Å². The molecule has 2 atom stereocenters. The fourth-order valence-electron chi connectivity index (χ4n) is 3.57. The lowest BCUT2D eigenvalue weighted by Crippen LogP contribution is -2.45. The molecule has 4 nitrogen and oxygen atoms in total. The van der Waals surface area contributed by atoms with Crippen LogP contribution in [-0.4, -0.2) is 50.1 Å². The van der Waals surface area contributed by atoms with E-state index in [9.17, 15) is 0 Å². The molecule has 0 amide bonds. The zero-order valence-electron chi connectivity index (χ0n) is 16.5. The zero-order valence-corrected chi connectivity index (χ0v) is 16.5. The third kappa shape index (κ3) is 6.35. The molecule has 1 aliphatic rings. The molecule has 0 bridgehead atoms. The van der Waals surface area contributed by atoms with Crippen LogP contribution in [-0.2, 0) is 0 Å². The molecule has 0 saturated carbocycles. The highest BCUT2D eigenvalue weighted by molar-refractivity contribution is 5.80. The van der Waals surface area contributed by atoms with E-state index in [-0.39, 0.29) is 0 Å². The largest absolute Gasteiger partial charge is 0.356 e. The van der Waals surface area contributed by atoms with Crippen LogP contribution in [0, 0.1) is 5.92 Å². The lowest BCUT2D eigenvalue weighted by Gasteiger charge is -2.31. The Morgan fingerprint density at radius 1 is 1.20 bits per heavy atom. The SMILES string of the molecule is CCN1CCC(CCNC(=NC)NC(C)C(C)c2ccccc2)CC1. The molecule has 0 aliphatic carbocycles. The minimum absolute atomic E-state index is 0.335. The van der Waals surface area contributed by atoms with Gasteiger partial charge in [-0.1, -0.05) is 44.2 Å². The molecular weight excluding hydrogens is 308 g/mol. The lowest BCUT2D eigenvalue weighted by atomic mass is 9.93. The van der Waals surface area contributed by atoms with Gasteiger partial charge in [-0.15, -0.1) is 0 Å². The van der Waals surface area contributed by atoms with E-state index in [0.717, 1.165) is 18.4 Å². The summed E-state index contributed by atoms with van der Waals surface area (Å²) in [7, 11) is 1.86. The van der Waals surface area contributed by atoms with E-state index >= 15 is 0 Å². The molecule has 0 aromatic heterocycles. The van der Waals surface area contributed by atoms with Crippen molar-refractivity contribution in [3.8, 4) is 0 Å². The van der Waals surface area contributed by atoms with Gasteiger partial charge in [0.1, 0.15) is 0 Å². The number of guanidine groups is 1. The van der Waals surface area contributed by atoms with Crippen molar-refractivity contribution in [1.82, 2.24) is 15.5 Å². The van der Waals surface area contributed by atoms with Gasteiger partial charge in [-0.3, -0.25) is 4.99 Å². The fraction of sp³-hybridized carbons (Fsp3) is 0.667. The van der Waals surface area contributed by atoms with Crippen LogP contribution in [0.25, 0.3) is 0 Å². The molecule has 0 radical (unpaired) electrons. The van der Waals surface area contributed by atoms with Gasteiger partial charge in [0.25, 0.3) is 0 Å². The summed E-state index contributed by atoms with van der Waals surface area (Å²) in [5.41, 5.74) is 1.36. The molecule has 0 spiro atoms. The zero-order chi connectivity index (χ0) is 18.1. The molecule has 4 heteroatoms. The number of piperidine rings is 1. The Kier molecular flexibility index (Phi) is 8.26. The summed E-state index contributed by atoms with van der Waals surface area (Å²) >= 11 is 0. The normalized spacial score (nSPS) is 19.4. The van der Waals surface area contributed by atoms with Crippen LogP contribution in [0.15, 0.2) is 35.3 Å². The van der Waals surface area contributed by atoms with Gasteiger partial charge < -0.3 is 15.5 Å². The van der Waals surface area contributed by atoms with Crippen molar-refractivity contribution in [2.75, 3.05) is 33.2 Å². The standard InChI is InChI=1S/C21H36N4/c1-5-25-15-12-19(13-16-25)11-14-23-21(22-4)24-18(3)17(2)20-9-7-6-8-10-20/h6-10,17-19H,5,11-16H2,1-4H3,(H2,22,23,24). The van der Waals surface area contributed by atoms with Crippen molar-refractivity contribution >= 4 is 5.96 Å². The Balaban J connectivity index is 1.71. The van der Waals surface area contributed by atoms with Crippen molar-refractivity contribution < 1.29 is 0 Å². The van der Waals surface area contributed by atoms with Gasteiger partial charge in [-0.25, -0.2) is 0 Å². The van der Waals surface area contributed by atoms with Crippen molar-refractivity contribution in [3.05, 3.63) is 35.9 Å². The summed E-state index contributed by atoms with van der Waals surface area (Å²) in [6.07, 6.45) is 3.91. The Morgan fingerprint density at radius 2 is 1.88 bits per heavy atom. The van der Waals surface area contributed by atoms with Crippen molar-refractivity contribution in [2.24, 2.45) is 10.9 Å². The third-order valence-corrected chi connectivity index (χ3v) is 5.66. The molecule has 25 heavy (non-hydrogen) atoms. The maximum Gasteiger partial charge on any atom is 0.191 e. The first-order chi connectivity index (χ1) is 12.1. The smallest absolute Gasteiger partial charge is 0.191 e. The fourth-order valence-corrected chi connectivity index (χ4v) is 3.57. The second-order valence-corrected chi connectivity index (χ2v) is 7.30. The first kappa shape index (κ1) is 19.8. The van der Waals surface area contributed by atoms with Crippen LogP contribution in [0.2, 0.25) is 0 Å².